The highest BCUT2D eigenvalue weighted by Gasteiger charge is 2.32. The molecule has 19 heteroatoms. The number of fused-ring (bicyclic) bond motifs is 3. The first kappa shape index (κ1) is 47.9. The van der Waals surface area contributed by atoms with Crippen molar-refractivity contribution in [3.63, 3.8) is 0 Å². The second kappa shape index (κ2) is 20.5. The lowest BCUT2D eigenvalue weighted by molar-refractivity contribution is -0.138. The van der Waals surface area contributed by atoms with Crippen LogP contribution >= 0.6 is 50.7 Å². The molecule has 1 N–H and O–H groups in total. The third-order valence-corrected chi connectivity index (χ3v) is 10.6. The van der Waals surface area contributed by atoms with Crippen molar-refractivity contribution in [2.24, 2.45) is 0 Å². The highest BCUT2D eigenvalue weighted by atomic mass is 79.9. The maximum atomic E-state index is 12.7. The maximum absolute atomic E-state index is 12.7. The second-order valence-corrected chi connectivity index (χ2v) is 15.7. The van der Waals surface area contributed by atoms with Crippen molar-refractivity contribution in [2.75, 3.05) is 0 Å². The zero-order chi connectivity index (χ0) is 46.2. The van der Waals surface area contributed by atoms with Crippen LogP contribution < -0.4 is 0 Å². The van der Waals surface area contributed by atoms with Crippen molar-refractivity contribution in [3.8, 4) is 0 Å². The number of rotatable bonds is 5. The first-order chi connectivity index (χ1) is 30.2. The Kier molecular flexibility index (Phi) is 15.4. The zero-order valence-electron chi connectivity index (χ0n) is 32.6. The Hall–Kier alpha value is -5.55. The summed E-state index contributed by atoms with van der Waals surface area (Å²) in [4.78, 5) is 0. The average Bonchev–Trinajstić information content (AvgIpc) is 4.00. The minimum absolute atomic E-state index is 0.467. The van der Waals surface area contributed by atoms with E-state index in [2.05, 4.69) is 36.3 Å². The number of aromatic amines is 1. The molecule has 9 aromatic rings. The summed E-state index contributed by atoms with van der Waals surface area (Å²) in [5.41, 5.74) is 3.03. The van der Waals surface area contributed by atoms with E-state index in [1.807, 2.05) is 48.5 Å². The number of halogens is 13. The molecular formula is C45H31BrCl3F9N6. The fraction of sp³-hybridized carbons (Fsp3) is 0.133. The molecule has 0 amide bonds. The first-order valence-electron chi connectivity index (χ1n) is 18.6. The fourth-order valence-corrected chi connectivity index (χ4v) is 6.71. The third-order valence-electron chi connectivity index (χ3n) is 9.19. The van der Waals surface area contributed by atoms with Crippen LogP contribution in [0.4, 0.5) is 39.5 Å². The van der Waals surface area contributed by atoms with Gasteiger partial charge in [0.2, 0.25) is 0 Å². The van der Waals surface area contributed by atoms with Crippen LogP contribution in [0.3, 0.4) is 0 Å². The van der Waals surface area contributed by atoms with Crippen LogP contribution in [0.15, 0.2) is 146 Å². The minimum Gasteiger partial charge on any atom is -0.278 e. The lowest BCUT2D eigenvalue weighted by atomic mass is 10.1. The Bertz CT molecular complexity index is 2910. The van der Waals surface area contributed by atoms with Crippen molar-refractivity contribution >= 4 is 83.4 Å². The highest BCUT2D eigenvalue weighted by molar-refractivity contribution is 9.08. The van der Waals surface area contributed by atoms with Crippen LogP contribution in [0.5, 0.6) is 0 Å². The van der Waals surface area contributed by atoms with Gasteiger partial charge in [0, 0.05) is 42.8 Å². The molecule has 0 aliphatic rings. The van der Waals surface area contributed by atoms with E-state index >= 15 is 0 Å². The monoisotopic (exact) mass is 1010 g/mol. The molecule has 6 nitrogen and oxygen atoms in total. The van der Waals surface area contributed by atoms with E-state index in [1.165, 1.54) is 36.2 Å². The van der Waals surface area contributed by atoms with Crippen LogP contribution in [-0.2, 0) is 36.9 Å². The summed E-state index contributed by atoms with van der Waals surface area (Å²) in [6.07, 6.45) is -8.55. The van der Waals surface area contributed by atoms with Crippen LogP contribution in [0, 0.1) is 0 Å². The van der Waals surface area contributed by atoms with Crippen LogP contribution in [0.2, 0.25) is 15.1 Å². The SMILES string of the molecule is Clc1ccc(CBr)cc1.FC(F)(F)c1ccc2[nH]ncc2c1.FC(F)(F)c1ccc2c(cnn2Cc2ccc(Cl)cc2)c1.FC(F)(F)c1ccc2nn(Cc3ccc(Cl)cc3)cc2c1. The number of hydrogen-bond acceptors (Lipinski definition) is 3. The zero-order valence-corrected chi connectivity index (χ0v) is 36.5. The summed E-state index contributed by atoms with van der Waals surface area (Å²) in [6, 6.07) is 32.9. The van der Waals surface area contributed by atoms with Crippen molar-refractivity contribution in [2.45, 2.75) is 36.9 Å². The number of hydrogen-bond donors (Lipinski definition) is 1. The van der Waals surface area contributed by atoms with E-state index in [4.69, 9.17) is 34.8 Å². The number of nitrogens with zero attached hydrogens (tertiary/aromatic N) is 5. The molecule has 0 fully saturated rings. The molecule has 0 saturated carbocycles. The van der Waals surface area contributed by atoms with Gasteiger partial charge >= 0.3 is 18.5 Å². The summed E-state index contributed by atoms with van der Waals surface area (Å²) in [6.45, 7) is 0.958. The molecule has 9 rings (SSSR count). The van der Waals surface area contributed by atoms with Gasteiger partial charge in [-0.05, 0) is 108 Å². The van der Waals surface area contributed by atoms with Gasteiger partial charge in [-0.25, -0.2) is 0 Å². The smallest absolute Gasteiger partial charge is 0.278 e. The first-order valence-corrected chi connectivity index (χ1v) is 20.9. The molecule has 0 unspecified atom stereocenters. The lowest BCUT2D eigenvalue weighted by Gasteiger charge is -2.07. The van der Waals surface area contributed by atoms with Gasteiger partial charge in [0.25, 0.3) is 0 Å². The van der Waals surface area contributed by atoms with Gasteiger partial charge in [0.15, 0.2) is 0 Å². The summed E-state index contributed by atoms with van der Waals surface area (Å²) >= 11 is 20.6. The van der Waals surface area contributed by atoms with Gasteiger partial charge in [-0.2, -0.15) is 54.8 Å². The molecule has 0 bridgehead atoms. The molecule has 332 valence electrons. The number of nitrogens with one attached hydrogen (secondary N) is 1. The number of H-pyrrole nitrogens is 1. The van der Waals surface area contributed by atoms with E-state index in [0.717, 1.165) is 57.9 Å². The minimum atomic E-state index is -4.34. The average molecular weight is 1010 g/mol. The molecule has 0 spiro atoms. The Labute approximate surface area is 382 Å². The van der Waals surface area contributed by atoms with Gasteiger partial charge in [-0.3, -0.25) is 14.5 Å². The number of benzene rings is 6. The normalized spacial score (nSPS) is 11.7. The molecule has 6 aromatic carbocycles. The Morgan fingerprint density at radius 2 is 0.984 bits per heavy atom. The predicted molar refractivity (Wildman–Crippen MR) is 236 cm³/mol. The van der Waals surface area contributed by atoms with Crippen molar-refractivity contribution in [1.82, 2.24) is 29.8 Å². The van der Waals surface area contributed by atoms with Crippen LogP contribution in [-0.4, -0.2) is 29.8 Å². The fourth-order valence-electron chi connectivity index (χ4n) is 5.96. The van der Waals surface area contributed by atoms with Gasteiger partial charge < -0.3 is 0 Å². The Morgan fingerprint density at radius 1 is 0.516 bits per heavy atom. The quantitative estimate of drug-likeness (QED) is 0.138. The standard InChI is InChI=1S/2C15H10ClF3N2.C8H5F3N2.C7H6BrCl/c16-13-4-1-10(2-5-13)9-21-14-6-3-12(15(17,18)19)7-11(14)8-20-21;16-13-4-1-10(2-5-13)8-21-9-11-7-12(15(17,18)19)3-6-14(11)20-21;9-8(10,11)6-1-2-7-5(3-6)4-12-13-7;8-5-6-1-3-7(9)4-2-6/h1-8H,9H2;1-7,9H,8H2;1-4H,(H,12,13);1-4H,5H2. The van der Waals surface area contributed by atoms with Gasteiger partial charge in [0.1, 0.15) is 0 Å². The highest BCUT2D eigenvalue weighted by Crippen LogP contribution is 2.33. The molecule has 0 aliphatic heterocycles. The predicted octanol–water partition coefficient (Wildman–Crippen LogP) is 15.3. The molecule has 3 aromatic heterocycles. The largest absolute Gasteiger partial charge is 0.416 e. The molecular weight excluding hydrogens is 982 g/mol. The molecule has 0 radical (unpaired) electrons. The maximum Gasteiger partial charge on any atom is 0.416 e. The van der Waals surface area contributed by atoms with E-state index in [1.54, 1.807) is 39.8 Å². The number of alkyl halides is 10. The summed E-state index contributed by atoms with van der Waals surface area (Å²) in [5, 5.41) is 19.0. The van der Waals surface area contributed by atoms with E-state index < -0.39 is 35.2 Å². The summed E-state index contributed by atoms with van der Waals surface area (Å²) in [5.74, 6) is 0. The Balaban J connectivity index is 0.000000149. The third kappa shape index (κ3) is 13.3. The van der Waals surface area contributed by atoms with E-state index in [-0.39, 0.29) is 0 Å². The summed E-state index contributed by atoms with van der Waals surface area (Å²) < 4.78 is 116. The molecule has 0 atom stereocenters. The van der Waals surface area contributed by atoms with Crippen molar-refractivity contribution < 1.29 is 39.5 Å². The molecule has 0 aliphatic carbocycles. The van der Waals surface area contributed by atoms with Gasteiger partial charge in [-0.1, -0.05) is 87.1 Å². The molecule has 3 heterocycles. The second-order valence-electron chi connectivity index (χ2n) is 13.9. The molecule has 0 saturated heterocycles. The molecule has 64 heavy (non-hydrogen) atoms. The van der Waals surface area contributed by atoms with Crippen molar-refractivity contribution in [3.05, 3.63) is 194 Å². The van der Waals surface area contributed by atoms with Crippen molar-refractivity contribution in [1.29, 1.82) is 0 Å². The van der Waals surface area contributed by atoms with Crippen LogP contribution in [0.1, 0.15) is 33.4 Å². The summed E-state index contributed by atoms with van der Waals surface area (Å²) in [7, 11) is 0. The number of aromatic nitrogens is 6. The van der Waals surface area contributed by atoms with Gasteiger partial charge in [0.05, 0.1) is 58.7 Å². The van der Waals surface area contributed by atoms with E-state index in [0.29, 0.717) is 55.8 Å². The lowest BCUT2D eigenvalue weighted by Crippen LogP contribution is -2.05. The Morgan fingerprint density at radius 3 is 1.52 bits per heavy atom. The van der Waals surface area contributed by atoms with E-state index in [9.17, 15) is 39.5 Å². The van der Waals surface area contributed by atoms with Gasteiger partial charge in [-0.15, -0.1) is 0 Å². The topological polar surface area (TPSA) is 64.3 Å². The van der Waals surface area contributed by atoms with Crippen LogP contribution in [0.25, 0.3) is 32.7 Å².